The fourth-order valence-electron chi connectivity index (χ4n) is 1.72. The second-order valence-corrected chi connectivity index (χ2v) is 4.22. The van der Waals surface area contributed by atoms with Crippen molar-refractivity contribution in [3.05, 3.63) is 0 Å². The van der Waals surface area contributed by atoms with Gasteiger partial charge in [-0.15, -0.1) is 0 Å². The Labute approximate surface area is 80.0 Å². The summed E-state index contributed by atoms with van der Waals surface area (Å²) in [4.78, 5) is 4.44. The third-order valence-electron chi connectivity index (χ3n) is 2.96. The highest BCUT2D eigenvalue weighted by Crippen LogP contribution is 2.36. The van der Waals surface area contributed by atoms with Gasteiger partial charge in [0.2, 0.25) is 0 Å². The smallest absolute Gasteiger partial charge is 0.191 e. The third-order valence-corrected chi connectivity index (χ3v) is 2.96. The molecule has 2 aliphatic rings. The highest BCUT2D eigenvalue weighted by Gasteiger charge is 2.32. The van der Waals surface area contributed by atoms with Crippen molar-refractivity contribution in [1.82, 2.24) is 10.6 Å². The van der Waals surface area contributed by atoms with Gasteiger partial charge in [-0.25, -0.2) is 0 Å². The van der Waals surface area contributed by atoms with E-state index >= 15 is 0 Å². The number of nitrogens with one attached hydrogen (secondary N) is 2. The van der Waals surface area contributed by atoms with E-state index in [4.69, 9.17) is 0 Å². The topological polar surface area (TPSA) is 36.4 Å². The van der Waals surface area contributed by atoms with Crippen LogP contribution in [0.3, 0.4) is 0 Å². The number of guanidine groups is 1. The summed E-state index contributed by atoms with van der Waals surface area (Å²) in [6.07, 6.45) is 3.85. The highest BCUT2D eigenvalue weighted by atomic mass is 15.2. The fourth-order valence-corrected chi connectivity index (χ4v) is 1.72. The van der Waals surface area contributed by atoms with Gasteiger partial charge < -0.3 is 10.6 Å². The number of nitrogens with zero attached hydrogens (tertiary/aromatic N) is 1. The monoisotopic (exact) mass is 181 g/mol. The Hall–Kier alpha value is -0.730. The van der Waals surface area contributed by atoms with E-state index in [1.165, 1.54) is 19.3 Å². The second kappa shape index (κ2) is 3.99. The Kier molecular flexibility index (Phi) is 2.71. The van der Waals surface area contributed by atoms with Crippen molar-refractivity contribution >= 4 is 5.96 Å². The lowest BCUT2D eigenvalue weighted by atomic mass is 10.3. The lowest BCUT2D eigenvalue weighted by Crippen LogP contribution is -2.38. The van der Waals surface area contributed by atoms with Crippen LogP contribution in [-0.4, -0.2) is 25.6 Å². The zero-order chi connectivity index (χ0) is 9.10. The van der Waals surface area contributed by atoms with Crippen molar-refractivity contribution in [1.29, 1.82) is 0 Å². The molecule has 0 unspecified atom stereocenters. The average Bonchev–Trinajstić information content (AvgIpc) is 2.85. The molecule has 0 spiro atoms. The summed E-state index contributed by atoms with van der Waals surface area (Å²) in [5, 5.41) is 6.71. The Morgan fingerprint density at radius 3 is 3.15 bits per heavy atom. The van der Waals surface area contributed by atoms with E-state index < -0.39 is 0 Å². The van der Waals surface area contributed by atoms with Crippen LogP contribution in [-0.2, 0) is 0 Å². The molecule has 0 radical (unpaired) electrons. The number of aliphatic imine (C=N–C) groups is 1. The van der Waals surface area contributed by atoms with Crippen molar-refractivity contribution in [3.63, 3.8) is 0 Å². The van der Waals surface area contributed by atoms with E-state index in [-0.39, 0.29) is 0 Å². The summed E-state index contributed by atoms with van der Waals surface area (Å²) in [5.74, 6) is 2.85. The molecular weight excluding hydrogens is 162 g/mol. The van der Waals surface area contributed by atoms with Crippen molar-refractivity contribution < 1.29 is 0 Å². The normalized spacial score (nSPS) is 32.8. The summed E-state index contributed by atoms with van der Waals surface area (Å²) < 4.78 is 0. The maximum atomic E-state index is 4.44. The molecule has 74 valence electrons. The molecule has 2 atom stereocenters. The maximum absolute atomic E-state index is 4.44. The van der Waals surface area contributed by atoms with Gasteiger partial charge in [0.1, 0.15) is 0 Å². The van der Waals surface area contributed by atoms with Gasteiger partial charge in [0.15, 0.2) is 5.96 Å². The van der Waals surface area contributed by atoms with Crippen LogP contribution >= 0.6 is 0 Å². The Morgan fingerprint density at radius 1 is 1.54 bits per heavy atom. The van der Waals surface area contributed by atoms with E-state index in [0.29, 0.717) is 0 Å². The second-order valence-electron chi connectivity index (χ2n) is 4.22. The molecule has 1 heterocycles. The standard InChI is InChI=1S/C10H19N3/c1-8-6-9(8)7-13-10-11-4-2-3-5-12-10/h8-9H,2-7H2,1H3,(H2,11,12,13)/t8-,9+/m0/s1. The first kappa shape index (κ1) is 8.85. The van der Waals surface area contributed by atoms with Crippen molar-refractivity contribution in [2.24, 2.45) is 16.8 Å². The van der Waals surface area contributed by atoms with Gasteiger partial charge >= 0.3 is 0 Å². The molecule has 0 bridgehead atoms. The van der Waals surface area contributed by atoms with Crippen LogP contribution in [0.25, 0.3) is 0 Å². The van der Waals surface area contributed by atoms with Crippen molar-refractivity contribution in [2.75, 3.05) is 19.6 Å². The highest BCUT2D eigenvalue weighted by molar-refractivity contribution is 5.79. The molecule has 2 N–H and O–H groups in total. The van der Waals surface area contributed by atoms with E-state index in [2.05, 4.69) is 22.5 Å². The summed E-state index contributed by atoms with van der Waals surface area (Å²) in [6, 6.07) is 0. The SMILES string of the molecule is C[C@H]1C[C@@H]1CNC1=NCCCCN1. The predicted octanol–water partition coefficient (Wildman–Crippen LogP) is 0.971. The molecular formula is C10H19N3. The van der Waals surface area contributed by atoms with Gasteiger partial charge in [0, 0.05) is 19.6 Å². The zero-order valence-corrected chi connectivity index (χ0v) is 8.34. The molecule has 0 aromatic carbocycles. The van der Waals surface area contributed by atoms with Gasteiger partial charge in [0.05, 0.1) is 0 Å². The molecule has 1 saturated carbocycles. The summed E-state index contributed by atoms with van der Waals surface area (Å²) in [7, 11) is 0. The van der Waals surface area contributed by atoms with Crippen molar-refractivity contribution in [2.45, 2.75) is 26.2 Å². The third kappa shape index (κ3) is 2.61. The van der Waals surface area contributed by atoms with Gasteiger partial charge in [0.25, 0.3) is 0 Å². The minimum absolute atomic E-state index is 0.896. The molecule has 1 aliphatic heterocycles. The van der Waals surface area contributed by atoms with E-state index in [1.807, 2.05) is 0 Å². The van der Waals surface area contributed by atoms with E-state index in [9.17, 15) is 0 Å². The molecule has 3 heteroatoms. The summed E-state index contributed by atoms with van der Waals surface area (Å²) in [5.41, 5.74) is 0. The molecule has 0 aromatic heterocycles. The maximum Gasteiger partial charge on any atom is 0.191 e. The van der Waals surface area contributed by atoms with Gasteiger partial charge in [-0.1, -0.05) is 6.92 Å². The molecule has 2 rings (SSSR count). The summed E-state index contributed by atoms with van der Waals surface area (Å²) in [6.45, 7) is 5.48. The molecule has 1 aliphatic carbocycles. The number of hydrogen-bond acceptors (Lipinski definition) is 3. The molecule has 1 fully saturated rings. The van der Waals surface area contributed by atoms with E-state index in [1.54, 1.807) is 0 Å². The van der Waals surface area contributed by atoms with Crippen LogP contribution in [0.2, 0.25) is 0 Å². The minimum atomic E-state index is 0.896. The molecule has 0 aromatic rings. The van der Waals surface area contributed by atoms with Crippen LogP contribution in [0.5, 0.6) is 0 Å². The lowest BCUT2D eigenvalue weighted by Gasteiger charge is -2.08. The quantitative estimate of drug-likeness (QED) is 0.666. The first-order valence-electron chi connectivity index (χ1n) is 5.38. The first-order chi connectivity index (χ1) is 6.36. The van der Waals surface area contributed by atoms with Crippen LogP contribution in [0.4, 0.5) is 0 Å². The number of rotatable bonds is 2. The Bertz CT molecular complexity index is 200. The Morgan fingerprint density at radius 2 is 2.38 bits per heavy atom. The number of hydrogen-bond donors (Lipinski definition) is 2. The molecule has 0 amide bonds. The summed E-state index contributed by atoms with van der Waals surface area (Å²) >= 11 is 0. The minimum Gasteiger partial charge on any atom is -0.356 e. The average molecular weight is 181 g/mol. The molecule has 0 saturated heterocycles. The predicted molar refractivity (Wildman–Crippen MR) is 54.8 cm³/mol. The Balaban J connectivity index is 1.70. The van der Waals surface area contributed by atoms with Gasteiger partial charge in [-0.05, 0) is 31.1 Å². The van der Waals surface area contributed by atoms with Crippen LogP contribution < -0.4 is 10.6 Å². The zero-order valence-electron chi connectivity index (χ0n) is 8.34. The fraction of sp³-hybridized carbons (Fsp3) is 0.900. The lowest BCUT2D eigenvalue weighted by molar-refractivity contribution is 0.693. The molecule has 13 heavy (non-hydrogen) atoms. The largest absolute Gasteiger partial charge is 0.356 e. The molecule has 3 nitrogen and oxygen atoms in total. The van der Waals surface area contributed by atoms with Crippen LogP contribution in [0.1, 0.15) is 26.2 Å². The van der Waals surface area contributed by atoms with E-state index in [0.717, 1.165) is 37.4 Å². The van der Waals surface area contributed by atoms with Crippen LogP contribution in [0.15, 0.2) is 4.99 Å². The first-order valence-corrected chi connectivity index (χ1v) is 5.38. The van der Waals surface area contributed by atoms with Gasteiger partial charge in [-0.3, -0.25) is 4.99 Å². The van der Waals surface area contributed by atoms with Gasteiger partial charge in [-0.2, -0.15) is 0 Å². The van der Waals surface area contributed by atoms with Crippen molar-refractivity contribution in [3.8, 4) is 0 Å². The van der Waals surface area contributed by atoms with Crippen LogP contribution in [0, 0.1) is 11.8 Å².